The second-order valence-electron chi connectivity index (χ2n) is 7.65. The molecule has 0 aliphatic carbocycles. The van der Waals surface area contributed by atoms with Crippen molar-refractivity contribution < 1.29 is 4.74 Å². The average Bonchev–Trinajstić information content (AvgIpc) is 3.13. The molecule has 4 aromatic rings. The lowest BCUT2D eigenvalue weighted by molar-refractivity contribution is 0.0959. The first kappa shape index (κ1) is 17.2. The SMILES string of the molecule is Cc1cc2cnccc2cc1OC1CCN(Cc2n[nH]c3ccccc23)CC1. The van der Waals surface area contributed by atoms with Crippen molar-refractivity contribution in [1.82, 2.24) is 20.1 Å². The molecular weight excluding hydrogens is 348 g/mol. The van der Waals surface area contributed by atoms with Crippen molar-refractivity contribution >= 4 is 21.7 Å². The van der Waals surface area contributed by atoms with Crippen LogP contribution < -0.4 is 4.74 Å². The number of ether oxygens (including phenoxy) is 1. The zero-order chi connectivity index (χ0) is 18.9. The van der Waals surface area contributed by atoms with Gasteiger partial charge in [-0.3, -0.25) is 15.0 Å². The molecule has 1 aliphatic heterocycles. The van der Waals surface area contributed by atoms with Crippen molar-refractivity contribution in [3.63, 3.8) is 0 Å². The summed E-state index contributed by atoms with van der Waals surface area (Å²) in [6.45, 7) is 5.06. The molecule has 1 N–H and O–H groups in total. The number of fused-ring (bicyclic) bond motifs is 2. The molecule has 1 fully saturated rings. The van der Waals surface area contributed by atoms with Gasteiger partial charge in [-0.25, -0.2) is 0 Å². The van der Waals surface area contributed by atoms with Gasteiger partial charge >= 0.3 is 0 Å². The van der Waals surface area contributed by atoms with Gasteiger partial charge in [0.2, 0.25) is 0 Å². The fourth-order valence-electron chi connectivity index (χ4n) is 4.07. The third-order valence-corrected chi connectivity index (χ3v) is 5.69. The van der Waals surface area contributed by atoms with E-state index in [1.165, 1.54) is 16.3 Å². The molecule has 2 aromatic heterocycles. The Morgan fingerprint density at radius 3 is 2.86 bits per heavy atom. The summed E-state index contributed by atoms with van der Waals surface area (Å²) in [6, 6.07) is 14.7. The van der Waals surface area contributed by atoms with Crippen molar-refractivity contribution in [2.24, 2.45) is 0 Å². The molecule has 0 spiro atoms. The maximum absolute atomic E-state index is 6.38. The van der Waals surface area contributed by atoms with Crippen LogP contribution in [-0.4, -0.2) is 39.3 Å². The molecule has 5 heteroatoms. The van der Waals surface area contributed by atoms with Crippen LogP contribution in [0.15, 0.2) is 54.9 Å². The monoisotopic (exact) mass is 372 g/mol. The topological polar surface area (TPSA) is 54.0 Å². The van der Waals surface area contributed by atoms with E-state index in [0.717, 1.165) is 54.8 Å². The number of pyridine rings is 1. The van der Waals surface area contributed by atoms with E-state index in [1.807, 2.05) is 24.5 Å². The molecule has 3 heterocycles. The van der Waals surface area contributed by atoms with Gasteiger partial charge in [-0.15, -0.1) is 0 Å². The first-order chi connectivity index (χ1) is 13.8. The first-order valence-corrected chi connectivity index (χ1v) is 9.91. The number of hydrogen-bond donors (Lipinski definition) is 1. The third kappa shape index (κ3) is 3.34. The van der Waals surface area contributed by atoms with Crippen LogP contribution in [0.25, 0.3) is 21.7 Å². The maximum atomic E-state index is 6.38. The molecule has 0 saturated carbocycles. The Kier molecular flexibility index (Phi) is 4.45. The number of aromatic nitrogens is 3. The lowest BCUT2D eigenvalue weighted by Crippen LogP contribution is -2.38. The van der Waals surface area contributed by atoms with Gasteiger partial charge < -0.3 is 4.74 Å². The minimum absolute atomic E-state index is 0.269. The van der Waals surface area contributed by atoms with Crippen LogP contribution in [0.5, 0.6) is 5.75 Å². The summed E-state index contributed by atoms with van der Waals surface area (Å²) < 4.78 is 6.38. The Labute approximate surface area is 164 Å². The highest BCUT2D eigenvalue weighted by atomic mass is 16.5. The number of H-pyrrole nitrogens is 1. The zero-order valence-electron chi connectivity index (χ0n) is 16.1. The summed E-state index contributed by atoms with van der Waals surface area (Å²) in [5.74, 6) is 0.996. The molecule has 142 valence electrons. The van der Waals surface area contributed by atoms with Crippen LogP contribution >= 0.6 is 0 Å². The maximum Gasteiger partial charge on any atom is 0.123 e. The predicted octanol–water partition coefficient (Wildman–Crippen LogP) is 4.46. The van der Waals surface area contributed by atoms with Crippen LogP contribution in [0.3, 0.4) is 0 Å². The van der Waals surface area contributed by atoms with Gasteiger partial charge in [0.15, 0.2) is 0 Å². The predicted molar refractivity (Wildman–Crippen MR) is 112 cm³/mol. The molecule has 1 aliphatic rings. The molecule has 0 bridgehead atoms. The number of aromatic amines is 1. The molecule has 0 radical (unpaired) electrons. The summed E-state index contributed by atoms with van der Waals surface area (Å²) in [7, 11) is 0. The summed E-state index contributed by atoms with van der Waals surface area (Å²) in [6.07, 6.45) is 6.08. The lowest BCUT2D eigenvalue weighted by Gasteiger charge is -2.32. The number of piperidine rings is 1. The standard InChI is InChI=1S/C23H24N4O/c1-16-12-18-14-24-9-6-17(18)13-23(16)28-19-7-10-27(11-8-19)15-22-20-4-2-3-5-21(20)25-26-22/h2-6,9,12-14,19H,7-8,10-11,15H2,1H3,(H,25,26). The number of likely N-dealkylation sites (tertiary alicyclic amines) is 1. The number of rotatable bonds is 4. The van der Waals surface area contributed by atoms with Gasteiger partial charge in [-0.2, -0.15) is 5.10 Å². The first-order valence-electron chi connectivity index (χ1n) is 9.91. The molecule has 28 heavy (non-hydrogen) atoms. The largest absolute Gasteiger partial charge is 0.490 e. The highest BCUT2D eigenvalue weighted by molar-refractivity contribution is 5.84. The number of aryl methyl sites for hydroxylation is 1. The molecule has 2 aromatic carbocycles. The number of nitrogens with zero attached hydrogens (tertiary/aromatic N) is 3. The van der Waals surface area contributed by atoms with E-state index < -0.39 is 0 Å². The van der Waals surface area contributed by atoms with E-state index in [2.05, 4.69) is 57.3 Å². The highest BCUT2D eigenvalue weighted by Crippen LogP contribution is 2.28. The summed E-state index contributed by atoms with van der Waals surface area (Å²) in [4.78, 5) is 6.68. The Hall–Kier alpha value is -2.92. The van der Waals surface area contributed by atoms with E-state index >= 15 is 0 Å². The number of benzene rings is 2. The van der Waals surface area contributed by atoms with Gasteiger partial charge in [-0.1, -0.05) is 18.2 Å². The minimum atomic E-state index is 0.269. The van der Waals surface area contributed by atoms with E-state index in [1.54, 1.807) is 0 Å². The Morgan fingerprint density at radius 2 is 1.96 bits per heavy atom. The molecule has 5 nitrogen and oxygen atoms in total. The molecule has 0 amide bonds. The van der Waals surface area contributed by atoms with Gasteiger partial charge in [0.25, 0.3) is 0 Å². The highest BCUT2D eigenvalue weighted by Gasteiger charge is 2.22. The zero-order valence-corrected chi connectivity index (χ0v) is 16.1. The van der Waals surface area contributed by atoms with Crippen molar-refractivity contribution in [1.29, 1.82) is 0 Å². The second-order valence-corrected chi connectivity index (χ2v) is 7.65. The minimum Gasteiger partial charge on any atom is -0.490 e. The third-order valence-electron chi connectivity index (χ3n) is 5.69. The summed E-state index contributed by atoms with van der Waals surface area (Å²) >= 11 is 0. The normalized spacial score (nSPS) is 16.0. The van der Waals surface area contributed by atoms with E-state index in [4.69, 9.17) is 4.74 Å². The molecule has 0 unspecified atom stereocenters. The van der Waals surface area contributed by atoms with Crippen LogP contribution in [0, 0.1) is 6.92 Å². The molecular formula is C23H24N4O. The van der Waals surface area contributed by atoms with Crippen molar-refractivity contribution in [2.75, 3.05) is 13.1 Å². The van der Waals surface area contributed by atoms with Gasteiger partial charge in [0.1, 0.15) is 11.9 Å². The second kappa shape index (κ2) is 7.24. The smallest absolute Gasteiger partial charge is 0.123 e. The van der Waals surface area contributed by atoms with Gasteiger partial charge in [0.05, 0.1) is 11.2 Å². The van der Waals surface area contributed by atoms with E-state index in [9.17, 15) is 0 Å². The van der Waals surface area contributed by atoms with Crippen molar-refractivity contribution in [3.05, 3.63) is 66.1 Å². The fraction of sp³-hybridized carbons (Fsp3) is 0.304. The van der Waals surface area contributed by atoms with Gasteiger partial charge in [0, 0.05) is 42.8 Å². The van der Waals surface area contributed by atoms with E-state index in [-0.39, 0.29) is 6.10 Å². The van der Waals surface area contributed by atoms with Crippen LogP contribution in [0.2, 0.25) is 0 Å². The Balaban J connectivity index is 1.23. The summed E-state index contributed by atoms with van der Waals surface area (Å²) in [5.41, 5.74) is 3.41. The van der Waals surface area contributed by atoms with Crippen LogP contribution in [-0.2, 0) is 6.54 Å². The van der Waals surface area contributed by atoms with Crippen LogP contribution in [0.4, 0.5) is 0 Å². The molecule has 1 saturated heterocycles. The average molecular weight is 372 g/mol. The molecule has 5 rings (SSSR count). The van der Waals surface area contributed by atoms with Crippen molar-refractivity contribution in [2.45, 2.75) is 32.4 Å². The van der Waals surface area contributed by atoms with E-state index in [0.29, 0.717) is 0 Å². The Bertz CT molecular complexity index is 1110. The molecule has 0 atom stereocenters. The summed E-state index contributed by atoms with van der Waals surface area (Å²) in [5, 5.41) is 11.2. The quantitative estimate of drug-likeness (QED) is 0.574. The number of hydrogen-bond acceptors (Lipinski definition) is 4. The number of nitrogens with one attached hydrogen (secondary N) is 1. The fourth-order valence-corrected chi connectivity index (χ4v) is 4.07. The lowest BCUT2D eigenvalue weighted by atomic mass is 10.1. The number of para-hydroxylation sites is 1. The van der Waals surface area contributed by atoms with Gasteiger partial charge in [-0.05, 0) is 55.0 Å². The van der Waals surface area contributed by atoms with Crippen molar-refractivity contribution in [3.8, 4) is 5.75 Å². The Morgan fingerprint density at radius 1 is 1.11 bits per heavy atom. The van der Waals surface area contributed by atoms with Crippen LogP contribution in [0.1, 0.15) is 24.1 Å².